The highest BCUT2D eigenvalue weighted by Crippen LogP contribution is 2.30. The summed E-state index contributed by atoms with van der Waals surface area (Å²) in [4.78, 5) is 14.8. The first kappa shape index (κ1) is 16.3. The first-order valence-corrected chi connectivity index (χ1v) is 6.44. The van der Waals surface area contributed by atoms with E-state index in [9.17, 15) is 18.0 Å². The molecular weight excluding hydrogens is 401 g/mol. The number of halogens is 5. The van der Waals surface area contributed by atoms with Crippen molar-refractivity contribution in [1.29, 1.82) is 0 Å². The first-order valence-electron chi connectivity index (χ1n) is 4.83. The maximum atomic E-state index is 12.2. The summed E-state index contributed by atoms with van der Waals surface area (Å²) < 4.78 is 45.4. The standard InChI is InChI=1S/C10H8ClF3INO3/c1-18-8(17)2-5-6(3-11)9(16-4-7(5)15)19-10(12,13)14/h4H,2-3H2,1H3. The van der Waals surface area contributed by atoms with Gasteiger partial charge in [0, 0.05) is 15.3 Å². The van der Waals surface area contributed by atoms with Gasteiger partial charge >= 0.3 is 12.3 Å². The Balaban J connectivity index is 3.21. The molecule has 106 valence electrons. The Bertz CT molecular complexity index is 482. The molecule has 19 heavy (non-hydrogen) atoms. The van der Waals surface area contributed by atoms with Crippen molar-refractivity contribution in [2.24, 2.45) is 0 Å². The molecule has 1 aromatic heterocycles. The molecule has 1 heterocycles. The van der Waals surface area contributed by atoms with Crippen LogP contribution in [-0.2, 0) is 21.8 Å². The number of esters is 1. The molecule has 0 unspecified atom stereocenters. The third kappa shape index (κ3) is 4.68. The summed E-state index contributed by atoms with van der Waals surface area (Å²) in [5.41, 5.74) is 0.341. The molecular formula is C10H8ClF3INO3. The summed E-state index contributed by atoms with van der Waals surface area (Å²) in [6, 6.07) is 0. The topological polar surface area (TPSA) is 48.4 Å². The second-order valence-corrected chi connectivity index (χ2v) is 4.73. The molecule has 0 aliphatic carbocycles. The van der Waals surface area contributed by atoms with E-state index in [0.29, 0.717) is 9.13 Å². The highest BCUT2D eigenvalue weighted by Gasteiger charge is 2.33. The molecule has 0 N–H and O–H groups in total. The second kappa shape index (κ2) is 6.60. The third-order valence-corrected chi connectivity index (χ3v) is 3.30. The molecule has 0 radical (unpaired) electrons. The van der Waals surface area contributed by atoms with Gasteiger partial charge in [-0.05, 0) is 28.2 Å². The van der Waals surface area contributed by atoms with E-state index in [2.05, 4.69) is 14.5 Å². The zero-order chi connectivity index (χ0) is 14.6. The van der Waals surface area contributed by atoms with Crippen LogP contribution in [0.25, 0.3) is 0 Å². The lowest BCUT2D eigenvalue weighted by Gasteiger charge is -2.15. The van der Waals surface area contributed by atoms with E-state index < -0.39 is 18.2 Å². The largest absolute Gasteiger partial charge is 0.574 e. The number of carbonyl (C=O) groups excluding carboxylic acids is 1. The van der Waals surface area contributed by atoms with E-state index in [-0.39, 0.29) is 17.9 Å². The summed E-state index contributed by atoms with van der Waals surface area (Å²) in [6.45, 7) is 0. The lowest BCUT2D eigenvalue weighted by atomic mass is 10.1. The van der Waals surface area contributed by atoms with Crippen LogP contribution in [0.15, 0.2) is 6.20 Å². The Kier molecular flexibility index (Phi) is 5.65. The van der Waals surface area contributed by atoms with Crippen LogP contribution in [0.4, 0.5) is 13.2 Å². The average Bonchev–Trinajstić information content (AvgIpc) is 2.31. The Morgan fingerprint density at radius 3 is 2.58 bits per heavy atom. The minimum absolute atomic E-state index is 0.0243. The molecule has 0 aromatic carbocycles. The van der Waals surface area contributed by atoms with E-state index in [4.69, 9.17) is 11.6 Å². The number of aromatic nitrogens is 1. The molecule has 1 aromatic rings. The lowest BCUT2D eigenvalue weighted by Crippen LogP contribution is -2.20. The zero-order valence-electron chi connectivity index (χ0n) is 9.55. The van der Waals surface area contributed by atoms with E-state index in [1.807, 2.05) is 22.6 Å². The maximum absolute atomic E-state index is 12.2. The molecule has 0 aliphatic rings. The van der Waals surface area contributed by atoms with Gasteiger partial charge in [0.15, 0.2) is 0 Å². The maximum Gasteiger partial charge on any atom is 0.574 e. The SMILES string of the molecule is COC(=O)Cc1c(I)cnc(OC(F)(F)F)c1CCl. The number of pyridine rings is 1. The van der Waals surface area contributed by atoms with Crippen LogP contribution in [-0.4, -0.2) is 24.4 Å². The van der Waals surface area contributed by atoms with Crippen LogP contribution >= 0.6 is 34.2 Å². The normalized spacial score (nSPS) is 11.3. The van der Waals surface area contributed by atoms with Gasteiger partial charge in [0.25, 0.3) is 0 Å². The fraction of sp³-hybridized carbons (Fsp3) is 0.400. The zero-order valence-corrected chi connectivity index (χ0v) is 12.5. The highest BCUT2D eigenvalue weighted by molar-refractivity contribution is 14.1. The van der Waals surface area contributed by atoms with Crippen molar-refractivity contribution in [1.82, 2.24) is 4.98 Å². The summed E-state index contributed by atoms with van der Waals surface area (Å²) in [5.74, 6) is -1.50. The van der Waals surface area contributed by atoms with E-state index in [1.165, 1.54) is 13.3 Å². The van der Waals surface area contributed by atoms with E-state index >= 15 is 0 Å². The molecule has 0 spiro atoms. The minimum atomic E-state index is -4.87. The van der Waals surface area contributed by atoms with Crippen molar-refractivity contribution in [3.05, 3.63) is 20.9 Å². The number of hydrogen-bond donors (Lipinski definition) is 0. The van der Waals surface area contributed by atoms with Gasteiger partial charge in [-0.25, -0.2) is 4.98 Å². The molecule has 0 fully saturated rings. The molecule has 0 amide bonds. The van der Waals surface area contributed by atoms with Crippen molar-refractivity contribution in [3.63, 3.8) is 0 Å². The quantitative estimate of drug-likeness (QED) is 0.436. The summed E-state index contributed by atoms with van der Waals surface area (Å²) >= 11 is 7.47. The monoisotopic (exact) mass is 409 g/mol. The molecule has 0 bridgehead atoms. The second-order valence-electron chi connectivity index (χ2n) is 3.30. The van der Waals surface area contributed by atoms with Crippen molar-refractivity contribution in [3.8, 4) is 5.88 Å². The Morgan fingerprint density at radius 1 is 1.47 bits per heavy atom. The van der Waals surface area contributed by atoms with Crippen molar-refractivity contribution in [2.75, 3.05) is 7.11 Å². The number of hydrogen-bond acceptors (Lipinski definition) is 4. The number of rotatable bonds is 4. The molecule has 9 heteroatoms. The summed E-state index contributed by atoms with van der Waals surface area (Å²) in [6.07, 6.45) is -3.90. The summed E-state index contributed by atoms with van der Waals surface area (Å²) in [7, 11) is 1.18. The van der Waals surface area contributed by atoms with Crippen molar-refractivity contribution >= 4 is 40.2 Å². The Morgan fingerprint density at radius 2 is 2.11 bits per heavy atom. The van der Waals surface area contributed by atoms with Crippen LogP contribution in [0.1, 0.15) is 11.1 Å². The molecule has 1 rings (SSSR count). The predicted octanol–water partition coefficient (Wildman–Crippen LogP) is 3.04. The number of carbonyl (C=O) groups is 1. The Hall–Kier alpha value is -0.770. The molecule has 0 atom stereocenters. The van der Waals surface area contributed by atoms with Crippen LogP contribution < -0.4 is 4.74 Å². The van der Waals surface area contributed by atoms with E-state index in [0.717, 1.165) is 0 Å². The van der Waals surface area contributed by atoms with Crippen LogP contribution in [0.5, 0.6) is 5.88 Å². The van der Waals surface area contributed by atoms with Crippen molar-refractivity contribution < 1.29 is 27.4 Å². The van der Waals surface area contributed by atoms with Crippen LogP contribution in [0, 0.1) is 3.57 Å². The smallest absolute Gasteiger partial charge is 0.469 e. The fourth-order valence-electron chi connectivity index (χ4n) is 1.29. The number of methoxy groups -OCH3 is 1. The van der Waals surface area contributed by atoms with Crippen molar-refractivity contribution in [2.45, 2.75) is 18.7 Å². The fourth-order valence-corrected chi connectivity index (χ4v) is 2.22. The lowest BCUT2D eigenvalue weighted by molar-refractivity contribution is -0.276. The van der Waals surface area contributed by atoms with Crippen LogP contribution in [0.2, 0.25) is 0 Å². The highest BCUT2D eigenvalue weighted by atomic mass is 127. The number of alkyl halides is 4. The van der Waals surface area contributed by atoms with Gasteiger partial charge in [-0.2, -0.15) is 0 Å². The predicted molar refractivity (Wildman–Crippen MR) is 68.9 cm³/mol. The van der Waals surface area contributed by atoms with Gasteiger partial charge in [-0.15, -0.1) is 24.8 Å². The number of nitrogens with zero attached hydrogens (tertiary/aromatic N) is 1. The minimum Gasteiger partial charge on any atom is -0.469 e. The van der Waals surface area contributed by atoms with E-state index in [1.54, 1.807) is 0 Å². The van der Waals surface area contributed by atoms with Gasteiger partial charge < -0.3 is 9.47 Å². The average molecular weight is 410 g/mol. The molecule has 0 saturated carbocycles. The first-order chi connectivity index (χ1) is 8.78. The van der Waals surface area contributed by atoms with Gasteiger partial charge in [0.2, 0.25) is 5.88 Å². The van der Waals surface area contributed by atoms with Gasteiger partial charge in [-0.1, -0.05) is 0 Å². The summed E-state index contributed by atoms with van der Waals surface area (Å²) in [5, 5.41) is 0. The van der Waals surface area contributed by atoms with Gasteiger partial charge in [-0.3, -0.25) is 4.79 Å². The number of ether oxygens (including phenoxy) is 2. The van der Waals surface area contributed by atoms with Crippen LogP contribution in [0.3, 0.4) is 0 Å². The molecule has 0 aliphatic heterocycles. The Labute approximate surface area is 125 Å². The van der Waals surface area contributed by atoms with Gasteiger partial charge in [0.05, 0.1) is 19.4 Å². The molecule has 4 nitrogen and oxygen atoms in total. The molecule has 0 saturated heterocycles. The third-order valence-electron chi connectivity index (χ3n) is 2.10. The van der Waals surface area contributed by atoms with Gasteiger partial charge in [0.1, 0.15) is 0 Å².